The predicted octanol–water partition coefficient (Wildman–Crippen LogP) is 3.63. The molecule has 0 fully saturated rings. The Labute approximate surface area is 192 Å². The number of halogens is 1. The minimum Gasteiger partial charge on any atom is -0.456 e. The van der Waals surface area contributed by atoms with Gasteiger partial charge in [0.2, 0.25) is 0 Å². The van der Waals surface area contributed by atoms with Gasteiger partial charge in [0.15, 0.2) is 18.3 Å². The zero-order chi connectivity index (χ0) is 23.4. The Bertz CT molecular complexity index is 1190. The molecule has 3 aromatic rings. The molecular formula is C23H22FN3O5S. The Hall–Kier alpha value is -3.53. The van der Waals surface area contributed by atoms with Gasteiger partial charge in [-0.1, -0.05) is 0 Å². The molecule has 0 aliphatic heterocycles. The van der Waals surface area contributed by atoms with Crippen molar-refractivity contribution in [2.24, 2.45) is 5.73 Å². The van der Waals surface area contributed by atoms with Crippen LogP contribution in [0.1, 0.15) is 46.0 Å². The number of rotatable bonds is 8. The molecule has 172 valence electrons. The van der Waals surface area contributed by atoms with Crippen molar-refractivity contribution in [2.75, 3.05) is 11.9 Å². The monoisotopic (exact) mass is 471 g/mol. The maximum Gasteiger partial charge on any atom is 0.306 e. The van der Waals surface area contributed by atoms with Gasteiger partial charge >= 0.3 is 5.97 Å². The average molecular weight is 472 g/mol. The van der Waals surface area contributed by atoms with Crippen molar-refractivity contribution >= 4 is 34.1 Å². The van der Waals surface area contributed by atoms with Crippen LogP contribution in [0.4, 0.5) is 9.39 Å². The van der Waals surface area contributed by atoms with Crippen LogP contribution in [-0.4, -0.2) is 29.4 Å². The quantitative estimate of drug-likeness (QED) is 0.484. The van der Waals surface area contributed by atoms with Crippen LogP contribution in [0.2, 0.25) is 0 Å². The number of aryl methyl sites for hydroxylation is 2. The van der Waals surface area contributed by atoms with Gasteiger partial charge in [0.25, 0.3) is 11.8 Å². The van der Waals surface area contributed by atoms with Crippen LogP contribution in [0.25, 0.3) is 11.3 Å². The first-order valence-electron chi connectivity index (χ1n) is 10.5. The van der Waals surface area contributed by atoms with Gasteiger partial charge in [-0.05, 0) is 55.5 Å². The number of nitrogens with two attached hydrogens (primary N) is 1. The second-order valence-electron chi connectivity index (χ2n) is 7.61. The van der Waals surface area contributed by atoms with Crippen molar-refractivity contribution < 1.29 is 27.9 Å². The lowest BCUT2D eigenvalue weighted by atomic mass is 9.95. The Morgan fingerprint density at radius 2 is 1.94 bits per heavy atom. The summed E-state index contributed by atoms with van der Waals surface area (Å²) in [5.41, 5.74) is 7.46. The number of esters is 1. The number of oxazole rings is 1. The van der Waals surface area contributed by atoms with Crippen molar-refractivity contribution in [1.29, 1.82) is 0 Å². The molecular weight excluding hydrogens is 449 g/mol. The second-order valence-corrected chi connectivity index (χ2v) is 8.72. The fourth-order valence-corrected chi connectivity index (χ4v) is 4.99. The molecule has 0 saturated carbocycles. The molecule has 1 aliphatic rings. The highest BCUT2D eigenvalue weighted by atomic mass is 32.1. The van der Waals surface area contributed by atoms with Crippen LogP contribution in [0.3, 0.4) is 0 Å². The first kappa shape index (κ1) is 22.7. The molecule has 33 heavy (non-hydrogen) atoms. The summed E-state index contributed by atoms with van der Waals surface area (Å²) in [6.07, 6.45) is 5.28. The van der Waals surface area contributed by atoms with Crippen LogP contribution in [0, 0.1) is 5.82 Å². The van der Waals surface area contributed by atoms with E-state index in [-0.39, 0.29) is 18.7 Å². The molecule has 2 aromatic heterocycles. The summed E-state index contributed by atoms with van der Waals surface area (Å²) in [5, 5.41) is 3.05. The van der Waals surface area contributed by atoms with Crippen molar-refractivity contribution in [3.63, 3.8) is 0 Å². The van der Waals surface area contributed by atoms with Crippen molar-refractivity contribution in [1.82, 2.24) is 4.98 Å². The van der Waals surface area contributed by atoms with Gasteiger partial charge in [-0.3, -0.25) is 14.4 Å². The highest BCUT2D eigenvalue weighted by Crippen LogP contribution is 2.37. The van der Waals surface area contributed by atoms with E-state index < -0.39 is 24.4 Å². The van der Waals surface area contributed by atoms with Gasteiger partial charge in [-0.15, -0.1) is 11.3 Å². The standard InChI is InChI=1S/C23H22FN3O5S/c24-14-7-5-13(6-8-14)16-11-26-19(32-16)9-10-20(29)31-12-18(28)27-23-21(22(25)30)15-3-1-2-4-17(15)33-23/h5-8,11H,1-4,9-10,12H2,(H2,25,30)(H,27,28). The number of hydrogen-bond donors (Lipinski definition) is 2. The highest BCUT2D eigenvalue weighted by Gasteiger charge is 2.25. The number of nitrogens with zero attached hydrogens (tertiary/aromatic N) is 1. The molecule has 0 bridgehead atoms. The van der Waals surface area contributed by atoms with E-state index in [1.165, 1.54) is 29.7 Å². The minimum absolute atomic E-state index is 0.0313. The maximum atomic E-state index is 13.0. The molecule has 0 radical (unpaired) electrons. The largest absolute Gasteiger partial charge is 0.456 e. The average Bonchev–Trinajstić information content (AvgIpc) is 3.41. The van der Waals surface area contributed by atoms with E-state index in [0.29, 0.717) is 27.8 Å². The van der Waals surface area contributed by atoms with Gasteiger partial charge < -0.3 is 20.2 Å². The van der Waals surface area contributed by atoms with Crippen LogP contribution >= 0.6 is 11.3 Å². The van der Waals surface area contributed by atoms with Crippen LogP contribution in [0.15, 0.2) is 34.9 Å². The number of thiophene rings is 1. The second kappa shape index (κ2) is 9.95. The van der Waals surface area contributed by atoms with Crippen LogP contribution < -0.4 is 11.1 Å². The summed E-state index contributed by atoms with van der Waals surface area (Å²) in [7, 11) is 0. The third kappa shape index (κ3) is 5.46. The first-order valence-corrected chi connectivity index (χ1v) is 11.3. The van der Waals surface area contributed by atoms with E-state index in [4.69, 9.17) is 14.9 Å². The van der Waals surface area contributed by atoms with Gasteiger partial charge in [0, 0.05) is 16.9 Å². The van der Waals surface area contributed by atoms with Gasteiger partial charge in [-0.25, -0.2) is 9.37 Å². The van der Waals surface area contributed by atoms with Gasteiger partial charge in [0.1, 0.15) is 10.8 Å². The predicted molar refractivity (Wildman–Crippen MR) is 119 cm³/mol. The molecule has 0 atom stereocenters. The van der Waals surface area contributed by atoms with Crippen molar-refractivity contribution in [2.45, 2.75) is 38.5 Å². The highest BCUT2D eigenvalue weighted by molar-refractivity contribution is 7.17. The summed E-state index contributed by atoms with van der Waals surface area (Å²) in [4.78, 5) is 41.4. The van der Waals surface area contributed by atoms with Gasteiger partial charge in [0.05, 0.1) is 18.2 Å². The van der Waals surface area contributed by atoms with Crippen LogP contribution in [-0.2, 0) is 33.6 Å². The number of aromatic nitrogens is 1. The molecule has 10 heteroatoms. The summed E-state index contributed by atoms with van der Waals surface area (Å²) >= 11 is 1.35. The van der Waals surface area contributed by atoms with E-state index in [0.717, 1.165) is 36.1 Å². The number of carbonyl (C=O) groups is 3. The summed E-state index contributed by atoms with van der Waals surface area (Å²) < 4.78 is 23.6. The van der Waals surface area contributed by atoms with Crippen LogP contribution in [0.5, 0.6) is 0 Å². The lowest BCUT2D eigenvalue weighted by Crippen LogP contribution is -2.23. The zero-order valence-corrected chi connectivity index (χ0v) is 18.5. The molecule has 1 aliphatic carbocycles. The van der Waals surface area contributed by atoms with E-state index in [1.54, 1.807) is 12.1 Å². The summed E-state index contributed by atoms with van der Waals surface area (Å²) in [6.45, 7) is -0.480. The number of anilines is 1. The molecule has 2 heterocycles. The maximum absolute atomic E-state index is 13.0. The summed E-state index contributed by atoms with van der Waals surface area (Å²) in [5.74, 6) is -1.28. The molecule has 8 nitrogen and oxygen atoms in total. The molecule has 2 amide bonds. The summed E-state index contributed by atoms with van der Waals surface area (Å²) in [6, 6.07) is 5.77. The number of nitrogens with one attached hydrogen (secondary N) is 1. The van der Waals surface area contributed by atoms with Gasteiger partial charge in [-0.2, -0.15) is 0 Å². The SMILES string of the molecule is NC(=O)c1c(NC(=O)COC(=O)CCc2ncc(-c3ccc(F)cc3)o2)sc2c1CCCC2. The zero-order valence-electron chi connectivity index (χ0n) is 17.7. The number of benzene rings is 1. The number of fused-ring (bicyclic) bond motifs is 1. The lowest BCUT2D eigenvalue weighted by Gasteiger charge is -2.11. The smallest absolute Gasteiger partial charge is 0.306 e. The fraction of sp³-hybridized carbons (Fsp3) is 0.304. The lowest BCUT2D eigenvalue weighted by molar-refractivity contribution is -0.147. The fourth-order valence-electron chi connectivity index (χ4n) is 3.68. The molecule has 0 unspecified atom stereocenters. The number of primary amides is 1. The Kier molecular flexibility index (Phi) is 6.83. The van der Waals surface area contributed by atoms with E-state index in [2.05, 4.69) is 10.3 Å². The third-order valence-corrected chi connectivity index (χ3v) is 6.47. The first-order chi connectivity index (χ1) is 15.9. The molecule has 0 spiro atoms. The normalized spacial score (nSPS) is 12.8. The number of amides is 2. The molecule has 0 saturated heterocycles. The van der Waals surface area contributed by atoms with E-state index in [1.807, 2.05) is 0 Å². The Morgan fingerprint density at radius 3 is 2.70 bits per heavy atom. The molecule has 1 aromatic carbocycles. The third-order valence-electron chi connectivity index (χ3n) is 5.26. The van der Waals surface area contributed by atoms with E-state index in [9.17, 15) is 18.8 Å². The topological polar surface area (TPSA) is 125 Å². The molecule has 4 rings (SSSR count). The Morgan fingerprint density at radius 1 is 1.18 bits per heavy atom. The number of carbonyl (C=O) groups excluding carboxylic acids is 3. The number of hydrogen-bond acceptors (Lipinski definition) is 7. The molecule has 3 N–H and O–H groups in total. The minimum atomic E-state index is -0.590. The van der Waals surface area contributed by atoms with E-state index >= 15 is 0 Å². The van der Waals surface area contributed by atoms with Crippen molar-refractivity contribution in [3.8, 4) is 11.3 Å². The van der Waals surface area contributed by atoms with Crippen molar-refractivity contribution in [3.05, 3.63) is 58.2 Å². The number of ether oxygens (including phenoxy) is 1. The Balaban J connectivity index is 1.27.